The van der Waals surface area contributed by atoms with Gasteiger partial charge in [-0.2, -0.15) is 17.5 Å². The van der Waals surface area contributed by atoms with Crippen LogP contribution < -0.4 is 20.7 Å². The molecule has 4 rings (SSSR count). The van der Waals surface area contributed by atoms with Gasteiger partial charge in [0.25, 0.3) is 5.91 Å². The van der Waals surface area contributed by atoms with E-state index >= 15 is 0 Å². The van der Waals surface area contributed by atoms with E-state index in [1.165, 1.54) is 6.20 Å². The van der Waals surface area contributed by atoms with E-state index in [9.17, 15) is 18.0 Å². The molecule has 1 saturated heterocycles. The maximum Gasteiger partial charge on any atom is 0.434 e. The van der Waals surface area contributed by atoms with Gasteiger partial charge in [-0.3, -0.25) is 4.79 Å². The Morgan fingerprint density at radius 1 is 1.21 bits per heavy atom. The molecule has 0 bridgehead atoms. The zero-order chi connectivity index (χ0) is 24.3. The van der Waals surface area contributed by atoms with Crippen molar-refractivity contribution in [3.8, 4) is 5.88 Å². The fraction of sp³-hybridized carbons (Fsp3) is 0.381. The monoisotopic (exact) mass is 493 g/mol. The Balaban J connectivity index is 1.42. The average molecular weight is 494 g/mol. The topological polar surface area (TPSA) is 114 Å². The van der Waals surface area contributed by atoms with E-state index in [4.69, 9.17) is 4.74 Å². The number of anilines is 3. The summed E-state index contributed by atoms with van der Waals surface area (Å²) in [7, 11) is 0. The number of nitrogens with zero attached hydrogens (tertiary/aromatic N) is 4. The SMILES string of the molecule is Cc1nsc(Nc2cnc(C(F)(F)F)cn2)c1C(=O)Nc1ccc(OC2CCNCC2C)nc1. The number of carbonyl (C=O) groups is 1. The molecule has 3 aromatic heterocycles. The molecule has 0 aromatic carbocycles. The molecule has 4 heterocycles. The molecule has 0 saturated carbocycles. The number of hydrogen-bond acceptors (Lipinski definition) is 9. The molecular weight excluding hydrogens is 471 g/mol. The minimum absolute atomic E-state index is 0.0565. The first kappa shape index (κ1) is 23.8. The molecule has 3 aromatic rings. The van der Waals surface area contributed by atoms with Crippen molar-refractivity contribution in [1.29, 1.82) is 0 Å². The highest BCUT2D eigenvalue weighted by Crippen LogP contribution is 2.30. The normalized spacial score (nSPS) is 18.4. The molecular formula is C21H22F3N7O2S. The quantitative estimate of drug-likeness (QED) is 0.472. The second-order valence-electron chi connectivity index (χ2n) is 7.85. The van der Waals surface area contributed by atoms with Crippen LogP contribution in [0.25, 0.3) is 0 Å². The van der Waals surface area contributed by atoms with E-state index in [-0.39, 0.29) is 17.5 Å². The number of ether oxygens (including phenoxy) is 1. The van der Waals surface area contributed by atoms with E-state index in [1.54, 1.807) is 19.1 Å². The van der Waals surface area contributed by atoms with Crippen LogP contribution >= 0.6 is 11.5 Å². The van der Waals surface area contributed by atoms with Crippen LogP contribution in [0.4, 0.5) is 29.7 Å². The maximum absolute atomic E-state index is 12.9. The van der Waals surface area contributed by atoms with Crippen molar-refractivity contribution in [2.75, 3.05) is 23.7 Å². The van der Waals surface area contributed by atoms with Crippen LogP contribution in [-0.4, -0.2) is 44.4 Å². The lowest BCUT2D eigenvalue weighted by Crippen LogP contribution is -2.41. The number of aryl methyl sites for hydroxylation is 1. The third-order valence-electron chi connectivity index (χ3n) is 5.25. The van der Waals surface area contributed by atoms with Crippen LogP contribution in [-0.2, 0) is 6.18 Å². The first-order chi connectivity index (χ1) is 16.2. The molecule has 2 unspecified atom stereocenters. The number of halogens is 3. The van der Waals surface area contributed by atoms with Gasteiger partial charge in [0.05, 0.1) is 35.5 Å². The molecule has 0 spiro atoms. The fourth-order valence-corrected chi connectivity index (χ4v) is 4.22. The van der Waals surface area contributed by atoms with Gasteiger partial charge in [0.15, 0.2) is 5.69 Å². The zero-order valence-electron chi connectivity index (χ0n) is 18.3. The number of hydrogen-bond donors (Lipinski definition) is 3. The summed E-state index contributed by atoms with van der Waals surface area (Å²) in [5.74, 6) is 0.453. The van der Waals surface area contributed by atoms with Crippen LogP contribution in [0.2, 0.25) is 0 Å². The summed E-state index contributed by atoms with van der Waals surface area (Å²) in [6, 6.07) is 3.38. The molecule has 180 valence electrons. The molecule has 9 nitrogen and oxygen atoms in total. The molecule has 0 radical (unpaired) electrons. The highest BCUT2D eigenvalue weighted by Gasteiger charge is 2.33. The van der Waals surface area contributed by atoms with Crippen molar-refractivity contribution in [3.05, 3.63) is 47.7 Å². The lowest BCUT2D eigenvalue weighted by atomic mass is 9.98. The number of nitrogens with one attached hydrogen (secondary N) is 3. The van der Waals surface area contributed by atoms with Gasteiger partial charge < -0.3 is 20.7 Å². The summed E-state index contributed by atoms with van der Waals surface area (Å²) in [4.78, 5) is 24.3. The molecule has 1 amide bonds. The van der Waals surface area contributed by atoms with Crippen LogP contribution in [0.1, 0.15) is 35.1 Å². The first-order valence-corrected chi connectivity index (χ1v) is 11.3. The van der Waals surface area contributed by atoms with E-state index in [1.807, 2.05) is 0 Å². The fourth-order valence-electron chi connectivity index (χ4n) is 3.42. The number of piperidine rings is 1. The van der Waals surface area contributed by atoms with Crippen molar-refractivity contribution in [1.82, 2.24) is 24.6 Å². The summed E-state index contributed by atoms with van der Waals surface area (Å²) in [6.45, 7) is 5.56. The Kier molecular flexibility index (Phi) is 6.93. The van der Waals surface area contributed by atoms with Gasteiger partial charge in [0.2, 0.25) is 5.88 Å². The number of alkyl halides is 3. The van der Waals surface area contributed by atoms with Crippen LogP contribution in [0.15, 0.2) is 30.7 Å². The lowest BCUT2D eigenvalue weighted by molar-refractivity contribution is -0.141. The predicted octanol–water partition coefficient (Wildman–Crippen LogP) is 4.03. The van der Waals surface area contributed by atoms with Gasteiger partial charge in [0, 0.05) is 18.5 Å². The molecule has 13 heteroatoms. The first-order valence-electron chi connectivity index (χ1n) is 10.5. The second-order valence-corrected chi connectivity index (χ2v) is 8.62. The van der Waals surface area contributed by atoms with Crippen molar-refractivity contribution in [2.45, 2.75) is 32.5 Å². The van der Waals surface area contributed by atoms with Crippen LogP contribution in [0, 0.1) is 12.8 Å². The van der Waals surface area contributed by atoms with Crippen LogP contribution in [0.5, 0.6) is 5.88 Å². The number of rotatable bonds is 6. The molecule has 34 heavy (non-hydrogen) atoms. The van der Waals surface area contributed by atoms with Gasteiger partial charge in [-0.25, -0.2) is 15.0 Å². The summed E-state index contributed by atoms with van der Waals surface area (Å²) in [5, 5.41) is 9.21. The van der Waals surface area contributed by atoms with Gasteiger partial charge in [-0.15, -0.1) is 0 Å². The Bertz CT molecular complexity index is 1140. The molecule has 1 aliphatic rings. The average Bonchev–Trinajstić information content (AvgIpc) is 3.16. The van der Waals surface area contributed by atoms with Gasteiger partial charge >= 0.3 is 6.18 Å². The van der Waals surface area contributed by atoms with E-state index < -0.39 is 17.8 Å². The summed E-state index contributed by atoms with van der Waals surface area (Å²) < 4.78 is 48.2. The van der Waals surface area contributed by atoms with Gasteiger partial charge in [0.1, 0.15) is 16.9 Å². The van der Waals surface area contributed by atoms with Crippen molar-refractivity contribution in [2.24, 2.45) is 5.92 Å². The van der Waals surface area contributed by atoms with E-state index in [0.29, 0.717) is 34.4 Å². The van der Waals surface area contributed by atoms with Crippen molar-refractivity contribution < 1.29 is 22.7 Å². The second kappa shape index (κ2) is 9.89. The standard InChI is InChI=1S/C21H22F3N7O2S/c1-11-7-25-6-5-14(11)33-17-4-3-13(8-28-17)29-19(32)18-12(2)31-34-20(18)30-16-10-26-15(9-27-16)21(22,23)24/h3-4,8-11,14,25H,5-7H2,1-2H3,(H,27,30)(H,29,32). The van der Waals surface area contributed by atoms with E-state index in [2.05, 4.69) is 42.2 Å². The molecule has 3 N–H and O–H groups in total. The van der Waals surface area contributed by atoms with Crippen LogP contribution in [0.3, 0.4) is 0 Å². The van der Waals surface area contributed by atoms with E-state index in [0.717, 1.165) is 37.2 Å². The largest absolute Gasteiger partial charge is 0.474 e. The number of carbonyl (C=O) groups excluding carboxylic acids is 1. The molecule has 1 aliphatic heterocycles. The highest BCUT2D eigenvalue weighted by molar-refractivity contribution is 7.10. The predicted molar refractivity (Wildman–Crippen MR) is 120 cm³/mol. The van der Waals surface area contributed by atoms with Crippen molar-refractivity contribution >= 4 is 33.9 Å². The zero-order valence-corrected chi connectivity index (χ0v) is 19.1. The summed E-state index contributed by atoms with van der Waals surface area (Å²) in [6.07, 6.45) is -0.539. The Morgan fingerprint density at radius 3 is 2.68 bits per heavy atom. The third-order valence-corrected chi connectivity index (χ3v) is 6.10. The third kappa shape index (κ3) is 5.59. The molecule has 2 atom stereocenters. The maximum atomic E-state index is 12.9. The number of aromatic nitrogens is 4. The summed E-state index contributed by atoms with van der Waals surface area (Å²) >= 11 is 0.989. The number of pyridine rings is 1. The van der Waals surface area contributed by atoms with Gasteiger partial charge in [-0.1, -0.05) is 6.92 Å². The highest BCUT2D eigenvalue weighted by atomic mass is 32.1. The minimum Gasteiger partial charge on any atom is -0.474 e. The Morgan fingerprint density at radius 2 is 2.03 bits per heavy atom. The Hall–Kier alpha value is -3.32. The number of amides is 1. The molecule has 1 fully saturated rings. The lowest BCUT2D eigenvalue weighted by Gasteiger charge is -2.29. The smallest absolute Gasteiger partial charge is 0.434 e. The summed E-state index contributed by atoms with van der Waals surface area (Å²) in [5.41, 5.74) is 0.0563. The Labute approximate surface area is 197 Å². The van der Waals surface area contributed by atoms with Gasteiger partial charge in [-0.05, 0) is 37.5 Å². The molecule has 0 aliphatic carbocycles. The van der Waals surface area contributed by atoms with Crippen molar-refractivity contribution in [3.63, 3.8) is 0 Å². The minimum atomic E-state index is -4.59.